The summed E-state index contributed by atoms with van der Waals surface area (Å²) in [4.78, 5) is 11.8. The summed E-state index contributed by atoms with van der Waals surface area (Å²) in [5.74, 6) is 0. The van der Waals surface area contributed by atoms with Crippen molar-refractivity contribution in [3.63, 3.8) is 0 Å². The van der Waals surface area contributed by atoms with Gasteiger partial charge in [-0.1, -0.05) is 12.1 Å². The van der Waals surface area contributed by atoms with Crippen LogP contribution in [0.3, 0.4) is 0 Å². The number of carbonyl (C=O) groups excluding carboxylic acids is 1. The summed E-state index contributed by atoms with van der Waals surface area (Å²) < 4.78 is 5.27. The fourth-order valence-electron chi connectivity index (χ4n) is 2.31. The molecule has 1 aromatic rings. The molecule has 4 nitrogen and oxygen atoms in total. The van der Waals surface area contributed by atoms with Gasteiger partial charge in [0.2, 0.25) is 0 Å². The lowest BCUT2D eigenvalue weighted by Crippen LogP contribution is -2.41. The van der Waals surface area contributed by atoms with Crippen molar-refractivity contribution in [1.29, 1.82) is 0 Å². The average molecular weight is 262 g/mol. The summed E-state index contributed by atoms with van der Waals surface area (Å²) in [6, 6.07) is 4.26. The van der Waals surface area contributed by atoms with Crippen LogP contribution in [0.5, 0.6) is 0 Å². The Morgan fingerprint density at radius 1 is 1.16 bits per heavy atom. The van der Waals surface area contributed by atoms with Crippen molar-refractivity contribution in [2.24, 2.45) is 0 Å². The number of aryl methyl sites for hydroxylation is 2. The van der Waals surface area contributed by atoms with Crippen molar-refractivity contribution >= 4 is 6.09 Å². The van der Waals surface area contributed by atoms with E-state index in [1.54, 1.807) is 0 Å². The molecule has 0 spiro atoms. The summed E-state index contributed by atoms with van der Waals surface area (Å²) in [5.41, 5.74) is 7.52. The van der Waals surface area contributed by atoms with E-state index in [1.165, 1.54) is 22.3 Å². The van der Waals surface area contributed by atoms with Crippen molar-refractivity contribution < 1.29 is 9.53 Å². The lowest BCUT2D eigenvalue weighted by Gasteiger charge is -2.23. The van der Waals surface area contributed by atoms with Crippen LogP contribution in [0.1, 0.15) is 43.0 Å². The second-order valence-corrected chi connectivity index (χ2v) is 6.13. The zero-order valence-corrected chi connectivity index (χ0v) is 12.3. The maximum Gasteiger partial charge on any atom is 0.422 e. The number of fused-ring (bicyclic) bond motifs is 1. The van der Waals surface area contributed by atoms with Gasteiger partial charge in [-0.25, -0.2) is 9.80 Å². The molecule has 0 saturated carbocycles. The number of hydrogen-bond donors (Lipinski definition) is 1. The third kappa shape index (κ3) is 3.26. The number of nitrogens with zero attached hydrogens (tertiary/aromatic N) is 1. The molecule has 1 amide bonds. The minimum absolute atomic E-state index is 0.393. The quantitative estimate of drug-likeness (QED) is 0.845. The molecule has 0 fully saturated rings. The fourth-order valence-corrected chi connectivity index (χ4v) is 2.31. The molecule has 1 N–H and O–H groups in total. The van der Waals surface area contributed by atoms with Gasteiger partial charge in [-0.2, -0.15) is 0 Å². The van der Waals surface area contributed by atoms with Crippen molar-refractivity contribution in [2.45, 2.75) is 53.3 Å². The SMILES string of the molecule is Cc1ccc(C)c2c1CN(NC(=O)OC(C)(C)C)C2. The van der Waals surface area contributed by atoms with E-state index in [0.29, 0.717) is 0 Å². The summed E-state index contributed by atoms with van der Waals surface area (Å²) in [6.07, 6.45) is -0.393. The van der Waals surface area contributed by atoms with Gasteiger partial charge in [-0.15, -0.1) is 0 Å². The predicted octanol–water partition coefficient (Wildman–Crippen LogP) is 3.06. The van der Waals surface area contributed by atoms with Crippen molar-refractivity contribution in [3.8, 4) is 0 Å². The maximum atomic E-state index is 11.8. The number of rotatable bonds is 1. The molecule has 0 atom stereocenters. The van der Waals surface area contributed by atoms with Gasteiger partial charge in [0.15, 0.2) is 0 Å². The van der Waals surface area contributed by atoms with Crippen LogP contribution in [0.2, 0.25) is 0 Å². The number of nitrogens with one attached hydrogen (secondary N) is 1. The Kier molecular flexibility index (Phi) is 3.54. The summed E-state index contributed by atoms with van der Waals surface area (Å²) >= 11 is 0. The van der Waals surface area contributed by atoms with Crippen LogP contribution in [-0.2, 0) is 17.8 Å². The molecule has 0 aromatic heterocycles. The van der Waals surface area contributed by atoms with Crippen molar-refractivity contribution in [3.05, 3.63) is 34.4 Å². The van der Waals surface area contributed by atoms with E-state index in [2.05, 4.69) is 31.4 Å². The van der Waals surface area contributed by atoms with E-state index in [1.807, 2.05) is 25.8 Å². The van der Waals surface area contributed by atoms with E-state index in [9.17, 15) is 4.79 Å². The molecule has 19 heavy (non-hydrogen) atoms. The van der Waals surface area contributed by atoms with Gasteiger partial charge >= 0.3 is 6.09 Å². The van der Waals surface area contributed by atoms with Gasteiger partial charge in [0.25, 0.3) is 0 Å². The summed E-state index contributed by atoms with van der Waals surface area (Å²) in [5, 5.41) is 1.90. The first-order valence-electron chi connectivity index (χ1n) is 6.59. The van der Waals surface area contributed by atoms with Crippen LogP contribution in [0.4, 0.5) is 4.79 Å². The predicted molar refractivity (Wildman–Crippen MR) is 74.5 cm³/mol. The van der Waals surface area contributed by atoms with Gasteiger partial charge in [0, 0.05) is 13.1 Å². The van der Waals surface area contributed by atoms with Gasteiger partial charge in [0.05, 0.1) is 0 Å². The average Bonchev–Trinajstić information content (AvgIpc) is 2.65. The Balaban J connectivity index is 2.03. The number of hydrazine groups is 1. The molecule has 1 aliphatic rings. The Morgan fingerprint density at radius 2 is 1.63 bits per heavy atom. The first-order valence-corrected chi connectivity index (χ1v) is 6.59. The fraction of sp³-hybridized carbons (Fsp3) is 0.533. The van der Waals surface area contributed by atoms with E-state index < -0.39 is 11.7 Å². The Morgan fingerprint density at radius 3 is 2.05 bits per heavy atom. The minimum Gasteiger partial charge on any atom is -0.443 e. The first-order chi connectivity index (χ1) is 8.76. The third-order valence-electron chi connectivity index (χ3n) is 3.25. The maximum absolute atomic E-state index is 11.8. The molecule has 0 radical (unpaired) electrons. The largest absolute Gasteiger partial charge is 0.443 e. The molecule has 4 heteroatoms. The lowest BCUT2D eigenvalue weighted by atomic mass is 10.0. The number of ether oxygens (including phenoxy) is 1. The van der Waals surface area contributed by atoms with Crippen LogP contribution < -0.4 is 5.43 Å². The number of amides is 1. The molecule has 0 saturated heterocycles. The highest BCUT2D eigenvalue weighted by molar-refractivity contribution is 5.67. The first kappa shape index (κ1) is 13.9. The highest BCUT2D eigenvalue weighted by atomic mass is 16.6. The van der Waals surface area contributed by atoms with Gasteiger partial charge < -0.3 is 4.74 Å². The molecule has 2 rings (SSSR count). The highest BCUT2D eigenvalue weighted by Gasteiger charge is 2.25. The molecule has 104 valence electrons. The zero-order valence-electron chi connectivity index (χ0n) is 12.3. The molecule has 0 bridgehead atoms. The second-order valence-electron chi connectivity index (χ2n) is 6.13. The summed E-state index contributed by atoms with van der Waals surface area (Å²) in [7, 11) is 0. The normalized spacial score (nSPS) is 15.2. The Hall–Kier alpha value is -1.55. The number of carbonyl (C=O) groups is 1. The molecular formula is C15H22N2O2. The molecule has 1 heterocycles. The molecule has 0 aliphatic carbocycles. The van der Waals surface area contributed by atoms with Crippen LogP contribution in [0, 0.1) is 13.8 Å². The molecule has 1 aromatic carbocycles. The molecule has 1 aliphatic heterocycles. The van der Waals surface area contributed by atoms with Crippen LogP contribution in [0.15, 0.2) is 12.1 Å². The van der Waals surface area contributed by atoms with Gasteiger partial charge in [-0.05, 0) is 56.9 Å². The third-order valence-corrected chi connectivity index (χ3v) is 3.25. The van der Waals surface area contributed by atoms with Crippen molar-refractivity contribution in [1.82, 2.24) is 10.4 Å². The Bertz CT molecular complexity index is 473. The van der Waals surface area contributed by atoms with Crippen molar-refractivity contribution in [2.75, 3.05) is 0 Å². The zero-order chi connectivity index (χ0) is 14.2. The lowest BCUT2D eigenvalue weighted by molar-refractivity contribution is 0.0323. The standard InChI is InChI=1S/C15H22N2O2/c1-10-6-7-11(2)13-9-17(8-12(10)13)16-14(18)19-15(3,4)5/h6-7H,8-9H2,1-5H3,(H,16,18). The molecular weight excluding hydrogens is 240 g/mol. The van der Waals surface area contributed by atoms with Crippen LogP contribution in [0.25, 0.3) is 0 Å². The van der Waals surface area contributed by atoms with Gasteiger partial charge in [-0.3, -0.25) is 5.43 Å². The second kappa shape index (κ2) is 4.85. The topological polar surface area (TPSA) is 41.6 Å². The van der Waals surface area contributed by atoms with E-state index in [4.69, 9.17) is 4.74 Å². The van der Waals surface area contributed by atoms with E-state index in [-0.39, 0.29) is 0 Å². The van der Waals surface area contributed by atoms with Gasteiger partial charge in [0.1, 0.15) is 5.60 Å². The van der Waals surface area contributed by atoms with Crippen LogP contribution in [-0.4, -0.2) is 16.7 Å². The number of hydrogen-bond acceptors (Lipinski definition) is 3. The summed E-state index contributed by atoms with van der Waals surface area (Å²) in [6.45, 7) is 11.3. The van der Waals surface area contributed by atoms with Crippen LogP contribution >= 0.6 is 0 Å². The Labute approximate surface area is 114 Å². The van der Waals surface area contributed by atoms with E-state index >= 15 is 0 Å². The van der Waals surface area contributed by atoms with E-state index in [0.717, 1.165) is 13.1 Å². The monoisotopic (exact) mass is 262 g/mol. The minimum atomic E-state index is -0.470. The highest BCUT2D eigenvalue weighted by Crippen LogP contribution is 2.27. The molecule has 0 unspecified atom stereocenters. The smallest absolute Gasteiger partial charge is 0.422 e. The number of benzene rings is 1.